The van der Waals surface area contributed by atoms with E-state index in [1.807, 2.05) is 0 Å². The van der Waals surface area contributed by atoms with Crippen molar-refractivity contribution in [1.82, 2.24) is 0 Å². The lowest BCUT2D eigenvalue weighted by atomic mass is 10.0. The first-order valence-electron chi connectivity index (χ1n) is 17.6. The Kier molecular flexibility index (Phi) is 25.0. The van der Waals surface area contributed by atoms with E-state index in [-0.39, 0.29) is 77.8 Å². The number of hydrogen-bond donors (Lipinski definition) is 1. The molecule has 1 rings (SSSR count). The molecule has 1 N–H and O–H groups in total. The van der Waals surface area contributed by atoms with Crippen molar-refractivity contribution in [2.24, 2.45) is 0 Å². The maximum absolute atomic E-state index is 13.1. The predicted molar refractivity (Wildman–Crippen MR) is 186 cm³/mol. The summed E-state index contributed by atoms with van der Waals surface area (Å²) in [4.78, 5) is 85.6. The van der Waals surface area contributed by atoms with Crippen LogP contribution in [0.25, 0.3) is 0 Å². The van der Waals surface area contributed by atoms with Crippen molar-refractivity contribution in [3.8, 4) is 0 Å². The normalized spacial score (nSPS) is 18.1. The molecular weight excluding hydrogens is 716 g/mol. The molecule has 0 saturated carbocycles. The Labute approximate surface area is 314 Å². The van der Waals surface area contributed by atoms with E-state index in [1.165, 1.54) is 6.08 Å². The minimum absolute atomic E-state index is 0.0181. The average molecular weight is 769 g/mol. The molecule has 5 atom stereocenters. The highest BCUT2D eigenvalue weighted by Gasteiger charge is 2.49. The van der Waals surface area contributed by atoms with Crippen molar-refractivity contribution in [2.75, 3.05) is 33.0 Å². The molecule has 1 aliphatic heterocycles. The fourth-order valence-electron chi connectivity index (χ4n) is 4.50. The molecule has 0 aromatic rings. The summed E-state index contributed by atoms with van der Waals surface area (Å²) in [5.41, 5.74) is 0. The molecule has 302 valence electrons. The smallest absolute Gasteiger partial charge is 0.330 e. The second kappa shape index (κ2) is 28.6. The van der Waals surface area contributed by atoms with Gasteiger partial charge in [0.25, 0.3) is 0 Å². The van der Waals surface area contributed by atoms with Gasteiger partial charge in [0, 0.05) is 43.9 Å². The summed E-state index contributed by atoms with van der Waals surface area (Å²) >= 11 is 0. The molecule has 17 heteroatoms. The molecular formula is C37H52O17. The fourth-order valence-corrected chi connectivity index (χ4v) is 4.50. The summed E-state index contributed by atoms with van der Waals surface area (Å²) in [6.45, 7) is 13.1. The van der Waals surface area contributed by atoms with Gasteiger partial charge < -0.3 is 47.7 Å². The minimum Gasteiger partial charge on any atom is -0.463 e. The zero-order valence-corrected chi connectivity index (χ0v) is 30.5. The van der Waals surface area contributed by atoms with Crippen LogP contribution in [-0.4, -0.2) is 111 Å². The van der Waals surface area contributed by atoms with Crippen molar-refractivity contribution in [3.63, 3.8) is 0 Å². The summed E-state index contributed by atoms with van der Waals surface area (Å²) in [7, 11) is 0. The molecule has 0 bridgehead atoms. The number of carbonyl (C=O) groups is 7. The van der Waals surface area contributed by atoms with Crippen LogP contribution in [0.3, 0.4) is 0 Å². The van der Waals surface area contributed by atoms with Crippen LogP contribution in [0.4, 0.5) is 0 Å². The lowest BCUT2D eigenvalue weighted by molar-refractivity contribution is -0.275. The van der Waals surface area contributed by atoms with Gasteiger partial charge in [-0.1, -0.05) is 26.3 Å². The highest BCUT2D eigenvalue weighted by molar-refractivity contribution is 5.81. The van der Waals surface area contributed by atoms with E-state index in [0.717, 1.165) is 18.2 Å². The lowest BCUT2D eigenvalue weighted by Crippen LogP contribution is -2.58. The van der Waals surface area contributed by atoms with E-state index in [1.54, 1.807) is 0 Å². The molecule has 54 heavy (non-hydrogen) atoms. The minimum atomic E-state index is -1.58. The number of rotatable bonds is 29. The summed E-state index contributed by atoms with van der Waals surface area (Å²) < 4.78 is 48.0. The molecule has 0 amide bonds. The molecule has 1 fully saturated rings. The largest absolute Gasteiger partial charge is 0.463 e. The van der Waals surface area contributed by atoms with E-state index in [0.29, 0.717) is 25.7 Å². The maximum atomic E-state index is 13.1. The van der Waals surface area contributed by atoms with E-state index in [2.05, 4.69) is 26.3 Å². The van der Waals surface area contributed by atoms with Gasteiger partial charge in [-0.05, 0) is 57.4 Å². The van der Waals surface area contributed by atoms with Crippen LogP contribution < -0.4 is 0 Å². The van der Waals surface area contributed by atoms with Crippen LogP contribution in [0.15, 0.2) is 50.6 Å². The Morgan fingerprint density at radius 1 is 0.556 bits per heavy atom. The summed E-state index contributed by atoms with van der Waals surface area (Å²) in [5.74, 6) is -4.89. The number of carbonyl (C=O) groups excluding carboxylic acids is 7. The van der Waals surface area contributed by atoms with Crippen LogP contribution in [0.1, 0.15) is 77.0 Å². The Hall–Kier alpha value is -4.87. The fraction of sp³-hybridized carbons (Fsp3) is 0.595. The first-order valence-corrected chi connectivity index (χ1v) is 17.6. The Bertz CT molecular complexity index is 1260. The van der Waals surface area contributed by atoms with Crippen LogP contribution in [0, 0.1) is 0 Å². The first-order chi connectivity index (χ1) is 25.9. The quantitative estimate of drug-likeness (QED) is 0.0288. The average Bonchev–Trinajstić information content (AvgIpc) is 3.15. The zero-order valence-electron chi connectivity index (χ0n) is 30.5. The number of hydrogen-bond acceptors (Lipinski definition) is 17. The maximum Gasteiger partial charge on any atom is 0.330 e. The summed E-state index contributed by atoms with van der Waals surface area (Å²) in [6, 6.07) is 0. The number of unbranched alkanes of at least 4 members (excludes halogenated alkanes) is 4. The molecule has 1 heterocycles. The molecule has 0 spiro atoms. The second-order valence-corrected chi connectivity index (χ2v) is 11.6. The Morgan fingerprint density at radius 2 is 0.944 bits per heavy atom. The van der Waals surface area contributed by atoms with E-state index in [4.69, 9.17) is 42.6 Å². The molecule has 0 aromatic carbocycles. The molecule has 1 aliphatic rings. The van der Waals surface area contributed by atoms with Gasteiger partial charge in [0.1, 0.15) is 0 Å². The number of ether oxygens (including phenoxy) is 9. The molecule has 0 radical (unpaired) electrons. The van der Waals surface area contributed by atoms with Gasteiger partial charge in [-0.25, -0.2) is 14.4 Å². The molecule has 17 nitrogen and oxygen atoms in total. The van der Waals surface area contributed by atoms with Crippen LogP contribution in [0.2, 0.25) is 0 Å². The number of aliphatic hydroxyl groups excluding tert-OH is 1. The predicted octanol–water partition coefficient (Wildman–Crippen LogP) is 3.01. The Balaban J connectivity index is 3.11. The lowest BCUT2D eigenvalue weighted by Gasteiger charge is -2.40. The molecule has 1 saturated heterocycles. The van der Waals surface area contributed by atoms with Gasteiger partial charge in [0.2, 0.25) is 12.4 Å². The van der Waals surface area contributed by atoms with Gasteiger partial charge in [-0.15, -0.1) is 0 Å². The van der Waals surface area contributed by atoms with Gasteiger partial charge in [0.05, 0.1) is 33.0 Å². The van der Waals surface area contributed by atoms with Crippen LogP contribution >= 0.6 is 0 Å². The van der Waals surface area contributed by atoms with E-state index in [9.17, 15) is 38.7 Å². The van der Waals surface area contributed by atoms with Gasteiger partial charge >= 0.3 is 41.8 Å². The van der Waals surface area contributed by atoms with Crippen molar-refractivity contribution < 1.29 is 81.3 Å². The monoisotopic (exact) mass is 768 g/mol. The van der Waals surface area contributed by atoms with Gasteiger partial charge in [0.15, 0.2) is 18.5 Å². The zero-order chi connectivity index (χ0) is 40.1. The van der Waals surface area contributed by atoms with Crippen molar-refractivity contribution in [1.29, 1.82) is 0 Å². The summed E-state index contributed by atoms with van der Waals surface area (Å²) in [6.07, 6.45) is -1.06. The number of aliphatic hydroxyl groups is 1. The standard InChI is InChI=1S/C37H52O17/c1-5-27(38)46-21-13-9-17-31(42)51-26-25-50-37(54-34(45)20-12-16-24-49-30(41)8-4)36(53-33(44)19-11-15-23-48-29(40)7-3)35(26)52-32(43)18-10-14-22-47-28(39)6-2/h5-8,26,28,35-37,39H,1-4,9-25H2/t26-,28?,35?,36-,37-/m1/s1. The second-order valence-electron chi connectivity index (χ2n) is 11.6. The third-order valence-electron chi connectivity index (χ3n) is 7.27. The third kappa shape index (κ3) is 21.6. The van der Waals surface area contributed by atoms with Crippen molar-refractivity contribution in [2.45, 2.75) is 108 Å². The number of esters is 7. The topological polar surface area (TPSA) is 223 Å². The van der Waals surface area contributed by atoms with Crippen molar-refractivity contribution in [3.05, 3.63) is 50.6 Å². The van der Waals surface area contributed by atoms with Gasteiger partial charge in [-0.2, -0.15) is 0 Å². The molecule has 2 unspecified atom stereocenters. The van der Waals surface area contributed by atoms with Crippen molar-refractivity contribution >= 4 is 41.8 Å². The van der Waals surface area contributed by atoms with Gasteiger partial charge in [-0.3, -0.25) is 19.2 Å². The van der Waals surface area contributed by atoms with E-state index < -0.39 is 79.3 Å². The molecule has 0 aliphatic carbocycles. The highest BCUT2D eigenvalue weighted by Crippen LogP contribution is 2.27. The first kappa shape index (κ1) is 47.2. The highest BCUT2D eigenvalue weighted by atomic mass is 16.7. The third-order valence-corrected chi connectivity index (χ3v) is 7.27. The summed E-state index contributed by atoms with van der Waals surface area (Å²) in [5, 5.41) is 9.47. The van der Waals surface area contributed by atoms with E-state index >= 15 is 0 Å². The SMILES string of the molecule is C=CC(=O)OCCCCC(=O)O[C@H]1OC[C@@H](OC(=O)CCCCOC(=O)C=C)C(OC(=O)CCCCOC(O)C=C)[C@H]1OC(=O)CCCCOC(=O)C=C. The van der Waals surface area contributed by atoms with Crippen LogP contribution in [0.5, 0.6) is 0 Å². The molecule has 0 aromatic heterocycles. The van der Waals surface area contributed by atoms with Crippen LogP contribution in [-0.2, 0) is 76.2 Å². The Morgan fingerprint density at radius 3 is 1.37 bits per heavy atom.